The minimum atomic E-state index is 1.12. The van der Waals surface area contributed by atoms with Crippen LogP contribution in [0, 0.1) is 0 Å². The Kier molecular flexibility index (Phi) is 6.08. The van der Waals surface area contributed by atoms with E-state index in [0.29, 0.717) is 0 Å². The maximum Gasteiger partial charge on any atom is -0.0349 e. The molecule has 0 atom stereocenters. The summed E-state index contributed by atoms with van der Waals surface area (Å²) in [5.41, 5.74) is 2.63. The summed E-state index contributed by atoms with van der Waals surface area (Å²) in [6.07, 6.45) is 11.2. The zero-order chi connectivity index (χ0) is 9.40. The molecule has 0 unspecified atom stereocenters. The Bertz CT molecular complexity index is 214. The first-order valence-corrected chi connectivity index (χ1v) is 4.33. The molecule has 12 heavy (non-hydrogen) atoms. The third-order valence-corrected chi connectivity index (χ3v) is 1.68. The molecule has 0 aromatic rings. The monoisotopic (exact) mass is 162 g/mol. The Hall–Kier alpha value is -1.04. The predicted octanol–water partition coefficient (Wildman–Crippen LogP) is 4.03. The van der Waals surface area contributed by atoms with Gasteiger partial charge >= 0.3 is 0 Å². The highest BCUT2D eigenvalue weighted by atomic mass is 13.9. The fraction of sp³-hybridized carbons (Fsp3) is 0.333. The van der Waals surface area contributed by atoms with Gasteiger partial charge in [-0.25, -0.2) is 0 Å². The average molecular weight is 162 g/mol. The summed E-state index contributed by atoms with van der Waals surface area (Å²) < 4.78 is 0. The summed E-state index contributed by atoms with van der Waals surface area (Å²) >= 11 is 0. The van der Waals surface area contributed by atoms with Gasteiger partial charge in [0.05, 0.1) is 0 Å². The molecule has 0 nitrogen and oxygen atoms in total. The SMILES string of the molecule is C=C/C=C(C)/C=C\C=C(/C)CC. The van der Waals surface area contributed by atoms with E-state index in [-0.39, 0.29) is 0 Å². The summed E-state index contributed by atoms with van der Waals surface area (Å²) in [6.45, 7) is 9.99. The molecule has 0 N–H and O–H groups in total. The summed E-state index contributed by atoms with van der Waals surface area (Å²) in [7, 11) is 0. The van der Waals surface area contributed by atoms with E-state index >= 15 is 0 Å². The van der Waals surface area contributed by atoms with Crippen LogP contribution in [-0.2, 0) is 0 Å². The van der Waals surface area contributed by atoms with Gasteiger partial charge in [0.1, 0.15) is 0 Å². The third kappa shape index (κ3) is 5.72. The van der Waals surface area contributed by atoms with Gasteiger partial charge in [-0.3, -0.25) is 0 Å². The second kappa shape index (κ2) is 6.66. The maximum absolute atomic E-state index is 3.63. The highest BCUT2D eigenvalue weighted by Gasteiger charge is 1.79. The highest BCUT2D eigenvalue weighted by molar-refractivity contribution is 5.24. The Balaban J connectivity index is 4.08. The minimum absolute atomic E-state index is 1.12. The van der Waals surface area contributed by atoms with Gasteiger partial charge < -0.3 is 0 Å². The van der Waals surface area contributed by atoms with Crippen molar-refractivity contribution in [1.29, 1.82) is 0 Å². The van der Waals surface area contributed by atoms with Crippen molar-refractivity contribution in [2.24, 2.45) is 0 Å². The molecule has 0 saturated heterocycles. The molecule has 0 aromatic carbocycles. The van der Waals surface area contributed by atoms with Gasteiger partial charge in [-0.05, 0) is 20.3 Å². The van der Waals surface area contributed by atoms with Crippen molar-refractivity contribution in [3.8, 4) is 0 Å². The molecule has 66 valence electrons. The van der Waals surface area contributed by atoms with Crippen LogP contribution in [0.1, 0.15) is 27.2 Å². The first-order chi connectivity index (χ1) is 5.70. The van der Waals surface area contributed by atoms with Crippen LogP contribution in [0.15, 0.2) is 48.1 Å². The number of allylic oxidation sites excluding steroid dienone is 7. The molecule has 0 aliphatic carbocycles. The van der Waals surface area contributed by atoms with Crippen LogP contribution in [0.3, 0.4) is 0 Å². The Morgan fingerprint density at radius 1 is 1.25 bits per heavy atom. The van der Waals surface area contributed by atoms with Gasteiger partial charge in [0, 0.05) is 0 Å². The lowest BCUT2D eigenvalue weighted by molar-refractivity contribution is 1.10. The third-order valence-electron chi connectivity index (χ3n) is 1.68. The van der Waals surface area contributed by atoms with E-state index in [2.05, 4.69) is 45.6 Å². The molecule has 0 spiro atoms. The lowest BCUT2D eigenvalue weighted by atomic mass is 10.2. The van der Waals surface area contributed by atoms with Crippen LogP contribution >= 0.6 is 0 Å². The van der Waals surface area contributed by atoms with E-state index in [0.717, 1.165) is 6.42 Å². The van der Waals surface area contributed by atoms with Crippen molar-refractivity contribution in [2.45, 2.75) is 27.2 Å². The minimum Gasteiger partial charge on any atom is -0.0991 e. The first-order valence-electron chi connectivity index (χ1n) is 4.33. The van der Waals surface area contributed by atoms with Crippen LogP contribution in [0.4, 0.5) is 0 Å². The molecule has 0 aliphatic rings. The summed E-state index contributed by atoms with van der Waals surface area (Å²) in [5, 5.41) is 0. The van der Waals surface area contributed by atoms with Gasteiger partial charge in [0.2, 0.25) is 0 Å². The van der Waals surface area contributed by atoms with Gasteiger partial charge in [-0.2, -0.15) is 0 Å². The normalized spacial score (nSPS) is 13.9. The lowest BCUT2D eigenvalue weighted by Gasteiger charge is -1.90. The van der Waals surface area contributed by atoms with Crippen molar-refractivity contribution in [1.82, 2.24) is 0 Å². The van der Waals surface area contributed by atoms with Crippen LogP contribution in [-0.4, -0.2) is 0 Å². The zero-order valence-corrected chi connectivity index (χ0v) is 8.30. The molecular weight excluding hydrogens is 144 g/mol. The molecule has 0 amide bonds. The molecule has 0 aromatic heterocycles. The van der Waals surface area contributed by atoms with Crippen LogP contribution in [0.2, 0.25) is 0 Å². The van der Waals surface area contributed by atoms with Crippen molar-refractivity contribution in [3.63, 3.8) is 0 Å². The number of rotatable bonds is 4. The van der Waals surface area contributed by atoms with Crippen LogP contribution in [0.5, 0.6) is 0 Å². The second-order valence-corrected chi connectivity index (χ2v) is 2.87. The fourth-order valence-electron chi connectivity index (χ4n) is 0.723. The smallest absolute Gasteiger partial charge is 0.0349 e. The summed E-state index contributed by atoms with van der Waals surface area (Å²) in [6, 6.07) is 0. The van der Waals surface area contributed by atoms with E-state index in [1.54, 1.807) is 6.08 Å². The molecule has 0 radical (unpaired) electrons. The second-order valence-electron chi connectivity index (χ2n) is 2.87. The molecule has 0 heteroatoms. The first kappa shape index (κ1) is 11.0. The molecular formula is C12H18. The van der Waals surface area contributed by atoms with Gasteiger partial charge in [0.15, 0.2) is 0 Å². The maximum atomic E-state index is 3.63. The van der Waals surface area contributed by atoms with E-state index in [9.17, 15) is 0 Å². The lowest BCUT2D eigenvalue weighted by Crippen LogP contribution is -1.69. The summed E-state index contributed by atoms with van der Waals surface area (Å²) in [4.78, 5) is 0. The zero-order valence-electron chi connectivity index (χ0n) is 8.30. The van der Waals surface area contributed by atoms with E-state index in [1.165, 1.54) is 11.1 Å². The molecule has 0 saturated carbocycles. The van der Waals surface area contributed by atoms with Gasteiger partial charge in [0.25, 0.3) is 0 Å². The predicted molar refractivity (Wildman–Crippen MR) is 57.1 cm³/mol. The Morgan fingerprint density at radius 3 is 2.42 bits per heavy atom. The van der Waals surface area contributed by atoms with Gasteiger partial charge in [-0.15, -0.1) is 0 Å². The molecule has 0 bridgehead atoms. The van der Waals surface area contributed by atoms with Crippen molar-refractivity contribution >= 4 is 0 Å². The standard InChI is InChI=1S/C12H18/c1-5-8-12(4)10-7-9-11(3)6-2/h5,7-10H,1,6H2,2-4H3/b10-7-,11-9+,12-8+. The Morgan fingerprint density at radius 2 is 1.92 bits per heavy atom. The fourth-order valence-corrected chi connectivity index (χ4v) is 0.723. The molecule has 0 aliphatic heterocycles. The van der Waals surface area contributed by atoms with Crippen LogP contribution < -0.4 is 0 Å². The van der Waals surface area contributed by atoms with Crippen molar-refractivity contribution in [2.75, 3.05) is 0 Å². The molecule has 0 fully saturated rings. The van der Waals surface area contributed by atoms with Gasteiger partial charge in [-0.1, -0.05) is 55.0 Å². The quantitative estimate of drug-likeness (QED) is 0.547. The van der Waals surface area contributed by atoms with Crippen LogP contribution in [0.25, 0.3) is 0 Å². The largest absolute Gasteiger partial charge is 0.0991 e. The molecule has 0 rings (SSSR count). The average Bonchev–Trinajstić information content (AvgIpc) is 2.04. The van der Waals surface area contributed by atoms with Crippen molar-refractivity contribution in [3.05, 3.63) is 48.1 Å². The highest BCUT2D eigenvalue weighted by Crippen LogP contribution is 2.00. The number of hydrogen-bond acceptors (Lipinski definition) is 0. The summed E-state index contributed by atoms with van der Waals surface area (Å²) in [5.74, 6) is 0. The van der Waals surface area contributed by atoms with E-state index < -0.39 is 0 Å². The molecule has 0 heterocycles. The topological polar surface area (TPSA) is 0 Å². The van der Waals surface area contributed by atoms with E-state index in [4.69, 9.17) is 0 Å². The van der Waals surface area contributed by atoms with Crippen molar-refractivity contribution < 1.29 is 0 Å². The van der Waals surface area contributed by atoms with E-state index in [1.807, 2.05) is 6.08 Å². The Labute approximate surface area is 76.0 Å². The number of hydrogen-bond donors (Lipinski definition) is 0.